The maximum absolute atomic E-state index is 12.6. The van der Waals surface area contributed by atoms with E-state index in [2.05, 4.69) is 25.7 Å². The number of hydrogen-bond acceptors (Lipinski definition) is 8. The molecule has 2 N–H and O–H groups in total. The summed E-state index contributed by atoms with van der Waals surface area (Å²) in [6, 6.07) is 23.5. The van der Waals surface area contributed by atoms with Gasteiger partial charge in [0, 0.05) is 50.0 Å². The van der Waals surface area contributed by atoms with E-state index < -0.39 is 11.8 Å². The highest BCUT2D eigenvalue weighted by Gasteiger charge is 2.20. The maximum atomic E-state index is 12.6. The Morgan fingerprint density at radius 1 is 0.825 bits per heavy atom. The molecule has 2 heterocycles. The lowest BCUT2D eigenvalue weighted by Crippen LogP contribution is -2.48. The molecule has 0 spiro atoms. The van der Waals surface area contributed by atoms with Gasteiger partial charge in [-0.25, -0.2) is 0 Å². The van der Waals surface area contributed by atoms with E-state index >= 15 is 0 Å². The highest BCUT2D eigenvalue weighted by Crippen LogP contribution is 2.21. The average Bonchev–Trinajstić information content (AvgIpc) is 3.46. The van der Waals surface area contributed by atoms with Crippen molar-refractivity contribution >= 4 is 35.1 Å². The normalized spacial score (nSPS) is 13.0. The number of aromatic nitrogens is 2. The fourth-order valence-electron chi connectivity index (χ4n) is 4.20. The molecule has 3 aromatic carbocycles. The standard InChI is InChI=1S/C29H28N6O5/c1-20(36)34-15-17-35(18-16-34)24-11-9-23(10-12-24)30-27(38)28-32-33-29(40-28)31-26(37)22-7-13-25(14-8-22)39-19-21-5-3-2-4-6-21/h2-14H,15-19H2,1H3,(H,30,38)(H,31,33,37). The lowest BCUT2D eigenvalue weighted by atomic mass is 10.2. The molecule has 11 heteroatoms. The number of nitrogens with zero attached hydrogens (tertiary/aromatic N) is 4. The van der Waals surface area contributed by atoms with E-state index in [-0.39, 0.29) is 17.8 Å². The Morgan fingerprint density at radius 2 is 1.52 bits per heavy atom. The summed E-state index contributed by atoms with van der Waals surface area (Å²) in [7, 11) is 0. The van der Waals surface area contributed by atoms with Crippen LogP contribution in [0.15, 0.2) is 83.3 Å². The zero-order valence-corrected chi connectivity index (χ0v) is 21.9. The van der Waals surface area contributed by atoms with E-state index in [1.165, 1.54) is 0 Å². The largest absolute Gasteiger partial charge is 0.489 e. The van der Waals surface area contributed by atoms with Gasteiger partial charge < -0.3 is 24.3 Å². The zero-order valence-electron chi connectivity index (χ0n) is 21.9. The molecular formula is C29H28N6O5. The molecule has 0 radical (unpaired) electrons. The number of hydrogen-bond donors (Lipinski definition) is 2. The predicted molar refractivity (Wildman–Crippen MR) is 148 cm³/mol. The Hall–Kier alpha value is -5.19. The third kappa shape index (κ3) is 6.62. The summed E-state index contributed by atoms with van der Waals surface area (Å²) in [5.41, 5.74) is 2.95. The molecule has 5 rings (SSSR count). The van der Waals surface area contributed by atoms with Crippen LogP contribution in [0.3, 0.4) is 0 Å². The van der Waals surface area contributed by atoms with Gasteiger partial charge in [0.1, 0.15) is 12.4 Å². The molecule has 11 nitrogen and oxygen atoms in total. The van der Waals surface area contributed by atoms with Crippen molar-refractivity contribution < 1.29 is 23.5 Å². The van der Waals surface area contributed by atoms with Gasteiger partial charge >= 0.3 is 17.8 Å². The summed E-state index contributed by atoms with van der Waals surface area (Å²) < 4.78 is 11.1. The van der Waals surface area contributed by atoms with Crippen LogP contribution in [-0.4, -0.2) is 59.0 Å². The topological polar surface area (TPSA) is 130 Å². The smallest absolute Gasteiger partial charge is 0.322 e. The third-order valence-electron chi connectivity index (χ3n) is 6.42. The second-order valence-corrected chi connectivity index (χ2v) is 9.16. The van der Waals surface area contributed by atoms with Gasteiger partial charge in [0.2, 0.25) is 5.91 Å². The van der Waals surface area contributed by atoms with E-state index in [0.29, 0.717) is 36.7 Å². The van der Waals surface area contributed by atoms with E-state index in [0.717, 1.165) is 24.3 Å². The van der Waals surface area contributed by atoms with Crippen molar-refractivity contribution in [1.82, 2.24) is 15.1 Å². The molecule has 3 amide bonds. The van der Waals surface area contributed by atoms with Crippen LogP contribution in [0.5, 0.6) is 5.75 Å². The first kappa shape index (κ1) is 26.4. The summed E-state index contributed by atoms with van der Waals surface area (Å²) in [5, 5.41) is 12.7. The van der Waals surface area contributed by atoms with Crippen LogP contribution in [-0.2, 0) is 11.4 Å². The van der Waals surface area contributed by atoms with Gasteiger partial charge in [0.25, 0.3) is 5.91 Å². The van der Waals surface area contributed by atoms with Crippen LogP contribution in [0, 0.1) is 0 Å². The molecule has 1 aromatic heterocycles. The lowest BCUT2D eigenvalue weighted by Gasteiger charge is -2.35. The van der Waals surface area contributed by atoms with Crippen LogP contribution >= 0.6 is 0 Å². The van der Waals surface area contributed by atoms with Gasteiger partial charge in [-0.2, -0.15) is 0 Å². The van der Waals surface area contributed by atoms with Gasteiger partial charge in [0.05, 0.1) is 0 Å². The van der Waals surface area contributed by atoms with Crippen molar-refractivity contribution in [2.24, 2.45) is 0 Å². The average molecular weight is 541 g/mol. The minimum Gasteiger partial charge on any atom is -0.489 e. The Bertz CT molecular complexity index is 1460. The van der Waals surface area contributed by atoms with Gasteiger partial charge in [0.15, 0.2) is 0 Å². The van der Waals surface area contributed by atoms with Crippen LogP contribution in [0.1, 0.15) is 33.5 Å². The second-order valence-electron chi connectivity index (χ2n) is 9.16. The fourth-order valence-corrected chi connectivity index (χ4v) is 4.20. The molecular weight excluding hydrogens is 512 g/mol. The minimum atomic E-state index is -0.601. The van der Waals surface area contributed by atoms with E-state index in [9.17, 15) is 14.4 Å². The summed E-state index contributed by atoms with van der Waals surface area (Å²) >= 11 is 0. The lowest BCUT2D eigenvalue weighted by molar-refractivity contribution is -0.129. The predicted octanol–water partition coefficient (Wildman–Crippen LogP) is 3.82. The fraction of sp³-hybridized carbons (Fsp3) is 0.207. The van der Waals surface area contributed by atoms with E-state index in [1.54, 1.807) is 43.3 Å². The van der Waals surface area contributed by atoms with Crippen molar-refractivity contribution in [3.8, 4) is 5.75 Å². The molecule has 1 fully saturated rings. The molecule has 0 unspecified atom stereocenters. The van der Waals surface area contributed by atoms with Gasteiger partial charge in [-0.1, -0.05) is 35.4 Å². The molecule has 1 aliphatic heterocycles. The number of carbonyl (C=O) groups excluding carboxylic acids is 3. The Kier molecular flexibility index (Phi) is 8.00. The SMILES string of the molecule is CC(=O)N1CCN(c2ccc(NC(=O)c3nnc(NC(=O)c4ccc(OCc5ccccc5)cc4)o3)cc2)CC1. The number of rotatable bonds is 8. The van der Waals surface area contributed by atoms with Crippen molar-refractivity contribution in [3.05, 3.63) is 95.9 Å². The second kappa shape index (κ2) is 12.1. The Balaban J connectivity index is 1.11. The Labute approximate surface area is 230 Å². The van der Waals surface area contributed by atoms with E-state index in [1.807, 2.05) is 47.4 Å². The van der Waals surface area contributed by atoms with Crippen molar-refractivity contribution in [2.75, 3.05) is 41.7 Å². The Morgan fingerprint density at radius 3 is 2.20 bits per heavy atom. The number of carbonyl (C=O) groups is 3. The van der Waals surface area contributed by atoms with E-state index in [4.69, 9.17) is 9.15 Å². The van der Waals surface area contributed by atoms with Crippen molar-refractivity contribution in [3.63, 3.8) is 0 Å². The first-order chi connectivity index (χ1) is 19.4. The van der Waals surface area contributed by atoms with Gasteiger partial charge in [-0.3, -0.25) is 19.7 Å². The molecule has 0 aliphatic carbocycles. The third-order valence-corrected chi connectivity index (χ3v) is 6.42. The maximum Gasteiger partial charge on any atom is 0.322 e. The van der Waals surface area contributed by atoms with Crippen LogP contribution in [0.25, 0.3) is 0 Å². The zero-order chi connectivity index (χ0) is 27.9. The molecule has 204 valence electrons. The first-order valence-electron chi connectivity index (χ1n) is 12.8. The molecule has 1 saturated heterocycles. The summed E-state index contributed by atoms with van der Waals surface area (Å²) in [6.07, 6.45) is 0. The van der Waals surface area contributed by atoms with Crippen LogP contribution in [0.2, 0.25) is 0 Å². The number of anilines is 3. The number of amides is 3. The number of nitrogens with one attached hydrogen (secondary N) is 2. The van der Waals surface area contributed by atoms with Crippen LogP contribution in [0.4, 0.5) is 17.4 Å². The molecule has 1 aliphatic rings. The number of piperazine rings is 1. The molecule has 4 aromatic rings. The minimum absolute atomic E-state index is 0.0837. The van der Waals surface area contributed by atoms with Crippen molar-refractivity contribution in [1.29, 1.82) is 0 Å². The molecule has 40 heavy (non-hydrogen) atoms. The quantitative estimate of drug-likeness (QED) is 0.345. The summed E-state index contributed by atoms with van der Waals surface area (Å²) in [4.78, 5) is 40.7. The summed E-state index contributed by atoms with van der Waals surface area (Å²) in [5.74, 6) is -0.647. The van der Waals surface area contributed by atoms with Gasteiger partial charge in [-0.05, 0) is 54.1 Å². The van der Waals surface area contributed by atoms with Crippen molar-refractivity contribution in [2.45, 2.75) is 13.5 Å². The molecule has 0 atom stereocenters. The first-order valence-corrected chi connectivity index (χ1v) is 12.8. The summed E-state index contributed by atoms with van der Waals surface area (Å²) in [6.45, 7) is 4.84. The van der Waals surface area contributed by atoms with Gasteiger partial charge in [-0.15, -0.1) is 5.10 Å². The molecule has 0 saturated carbocycles. The number of ether oxygens (including phenoxy) is 1. The molecule has 0 bridgehead atoms. The highest BCUT2D eigenvalue weighted by molar-refractivity contribution is 6.04. The van der Waals surface area contributed by atoms with Crippen LogP contribution < -0.4 is 20.3 Å². The number of benzene rings is 3. The highest BCUT2D eigenvalue weighted by atomic mass is 16.5. The monoisotopic (exact) mass is 540 g/mol.